The van der Waals surface area contributed by atoms with Crippen molar-refractivity contribution in [2.45, 2.75) is 13.0 Å². The van der Waals surface area contributed by atoms with Gasteiger partial charge < -0.3 is 19.5 Å². The number of rotatable bonds is 8. The minimum Gasteiger partial charge on any atom is -0.497 e. The lowest BCUT2D eigenvalue weighted by Gasteiger charge is -2.18. The Hall–Kier alpha value is -2.80. The maximum atomic E-state index is 12.0. The first-order chi connectivity index (χ1) is 12.5. The summed E-state index contributed by atoms with van der Waals surface area (Å²) in [5.74, 6) is 0.318. The second-order valence-electron chi connectivity index (χ2n) is 5.39. The number of benzene rings is 1. The number of amides is 1. The van der Waals surface area contributed by atoms with E-state index in [9.17, 15) is 9.59 Å². The van der Waals surface area contributed by atoms with Crippen LogP contribution in [0.5, 0.6) is 11.5 Å². The third-order valence-electron chi connectivity index (χ3n) is 3.58. The highest BCUT2D eigenvalue weighted by atomic mass is 32.1. The average molecular weight is 375 g/mol. The summed E-state index contributed by atoms with van der Waals surface area (Å²) in [6.07, 6.45) is 2.93. The van der Waals surface area contributed by atoms with Crippen molar-refractivity contribution in [1.29, 1.82) is 0 Å². The summed E-state index contributed by atoms with van der Waals surface area (Å²) in [6.45, 7) is 1.46. The van der Waals surface area contributed by atoms with Crippen LogP contribution >= 0.6 is 11.3 Å². The molecule has 0 aliphatic heterocycles. The summed E-state index contributed by atoms with van der Waals surface area (Å²) in [5.41, 5.74) is 1.68. The van der Waals surface area contributed by atoms with E-state index in [1.807, 2.05) is 23.8 Å². The van der Waals surface area contributed by atoms with E-state index in [2.05, 4.69) is 5.32 Å². The Balaban J connectivity index is 1.88. The molecule has 0 unspecified atom stereocenters. The molecule has 0 aliphatic rings. The Morgan fingerprint density at radius 2 is 2.04 bits per heavy atom. The number of methoxy groups -OCH3 is 2. The van der Waals surface area contributed by atoms with Crippen LogP contribution in [0, 0.1) is 0 Å². The van der Waals surface area contributed by atoms with Gasteiger partial charge in [-0.3, -0.25) is 4.79 Å². The van der Waals surface area contributed by atoms with Gasteiger partial charge in [0.2, 0.25) is 0 Å². The first-order valence-corrected chi connectivity index (χ1v) is 8.86. The summed E-state index contributed by atoms with van der Waals surface area (Å²) in [5, 5.41) is 6.58. The third-order valence-corrected chi connectivity index (χ3v) is 4.28. The van der Waals surface area contributed by atoms with E-state index >= 15 is 0 Å². The Morgan fingerprint density at radius 3 is 2.69 bits per heavy atom. The number of carbonyl (C=O) groups is 2. The van der Waals surface area contributed by atoms with Crippen molar-refractivity contribution in [3.8, 4) is 11.5 Å². The minimum absolute atomic E-state index is 0.340. The molecule has 7 heteroatoms. The molecule has 2 aromatic rings. The van der Waals surface area contributed by atoms with Crippen LogP contribution < -0.4 is 14.8 Å². The maximum absolute atomic E-state index is 12.0. The Bertz CT molecular complexity index is 770. The molecule has 1 amide bonds. The standard InChI is InChI=1S/C19H21NO5S/c1-13(16-10-15(23-2)5-6-17(16)24-3)20-18(21)11-25-19(22)7-4-14-8-9-26-12-14/h4-10,12-13H,11H2,1-3H3,(H,20,21)/b7-4+/t13-/m0/s1. The molecule has 6 nitrogen and oxygen atoms in total. The number of ether oxygens (including phenoxy) is 3. The second kappa shape index (κ2) is 9.62. The van der Waals surface area contributed by atoms with Gasteiger partial charge in [-0.15, -0.1) is 0 Å². The Labute approximate surface area is 156 Å². The fourth-order valence-electron chi connectivity index (χ4n) is 2.26. The van der Waals surface area contributed by atoms with Crippen molar-refractivity contribution in [1.82, 2.24) is 5.32 Å². The van der Waals surface area contributed by atoms with Crippen LogP contribution in [-0.4, -0.2) is 32.7 Å². The highest BCUT2D eigenvalue weighted by Crippen LogP contribution is 2.29. The van der Waals surface area contributed by atoms with Crippen LogP contribution in [0.3, 0.4) is 0 Å². The van der Waals surface area contributed by atoms with Crippen LogP contribution in [0.15, 0.2) is 41.1 Å². The van der Waals surface area contributed by atoms with E-state index in [0.717, 1.165) is 11.1 Å². The Morgan fingerprint density at radius 1 is 1.23 bits per heavy atom. The predicted octanol–water partition coefficient (Wildman–Crippen LogP) is 3.20. The van der Waals surface area contributed by atoms with Gasteiger partial charge in [-0.1, -0.05) is 0 Å². The molecule has 0 radical (unpaired) electrons. The Kier molecular flexibility index (Phi) is 7.23. The summed E-state index contributed by atoms with van der Waals surface area (Å²) in [4.78, 5) is 23.7. The number of hydrogen-bond donors (Lipinski definition) is 1. The molecule has 26 heavy (non-hydrogen) atoms. The van der Waals surface area contributed by atoms with Crippen LogP contribution in [0.1, 0.15) is 24.1 Å². The molecule has 0 aliphatic carbocycles. The van der Waals surface area contributed by atoms with Crippen molar-refractivity contribution < 1.29 is 23.8 Å². The normalized spacial score (nSPS) is 11.8. The smallest absolute Gasteiger partial charge is 0.331 e. The largest absolute Gasteiger partial charge is 0.497 e. The number of esters is 1. The highest BCUT2D eigenvalue weighted by molar-refractivity contribution is 7.08. The fourth-order valence-corrected chi connectivity index (χ4v) is 2.89. The lowest BCUT2D eigenvalue weighted by molar-refractivity contribution is -0.144. The fraction of sp³-hybridized carbons (Fsp3) is 0.263. The van der Waals surface area contributed by atoms with Gasteiger partial charge in [-0.25, -0.2) is 4.79 Å². The zero-order chi connectivity index (χ0) is 18.9. The zero-order valence-corrected chi connectivity index (χ0v) is 15.7. The second-order valence-corrected chi connectivity index (χ2v) is 6.17. The van der Waals surface area contributed by atoms with E-state index < -0.39 is 11.9 Å². The predicted molar refractivity (Wildman–Crippen MR) is 100 cm³/mol. The average Bonchev–Trinajstić information content (AvgIpc) is 3.17. The monoisotopic (exact) mass is 375 g/mol. The molecular formula is C19H21NO5S. The van der Waals surface area contributed by atoms with Gasteiger partial charge in [0.1, 0.15) is 11.5 Å². The van der Waals surface area contributed by atoms with Gasteiger partial charge in [-0.2, -0.15) is 11.3 Å². The van der Waals surface area contributed by atoms with Crippen LogP contribution in [0.2, 0.25) is 0 Å². The number of nitrogens with one attached hydrogen (secondary N) is 1. The molecule has 0 saturated heterocycles. The lowest BCUT2D eigenvalue weighted by atomic mass is 10.1. The van der Waals surface area contributed by atoms with Crippen molar-refractivity contribution in [3.63, 3.8) is 0 Å². The lowest BCUT2D eigenvalue weighted by Crippen LogP contribution is -2.31. The van der Waals surface area contributed by atoms with Gasteiger partial charge in [0.05, 0.1) is 20.3 Å². The molecule has 2 rings (SSSR count). The molecule has 1 N–H and O–H groups in total. The molecule has 1 aromatic carbocycles. The van der Waals surface area contributed by atoms with Gasteiger partial charge in [-0.05, 0) is 53.6 Å². The zero-order valence-electron chi connectivity index (χ0n) is 14.9. The van der Waals surface area contributed by atoms with Gasteiger partial charge in [0.15, 0.2) is 6.61 Å². The van der Waals surface area contributed by atoms with E-state index in [4.69, 9.17) is 14.2 Å². The van der Waals surface area contributed by atoms with Crippen molar-refractivity contribution in [2.24, 2.45) is 0 Å². The topological polar surface area (TPSA) is 73.9 Å². The third kappa shape index (κ3) is 5.63. The van der Waals surface area contributed by atoms with Crippen LogP contribution in [-0.2, 0) is 14.3 Å². The molecule has 1 heterocycles. The highest BCUT2D eigenvalue weighted by Gasteiger charge is 2.16. The summed E-state index contributed by atoms with van der Waals surface area (Å²) < 4.78 is 15.5. The molecule has 0 spiro atoms. The van der Waals surface area contributed by atoms with E-state index in [0.29, 0.717) is 11.5 Å². The summed E-state index contributed by atoms with van der Waals surface area (Å²) in [6, 6.07) is 6.88. The van der Waals surface area contributed by atoms with E-state index in [-0.39, 0.29) is 12.6 Å². The van der Waals surface area contributed by atoms with Crippen molar-refractivity contribution in [3.05, 3.63) is 52.2 Å². The SMILES string of the molecule is COc1ccc(OC)c([C@H](C)NC(=O)COC(=O)/C=C/c2ccsc2)c1. The number of carbonyl (C=O) groups excluding carboxylic acids is 2. The molecular weight excluding hydrogens is 354 g/mol. The molecule has 1 atom stereocenters. The van der Waals surface area contributed by atoms with E-state index in [1.54, 1.807) is 38.5 Å². The molecule has 0 fully saturated rings. The van der Waals surface area contributed by atoms with Crippen LogP contribution in [0.25, 0.3) is 6.08 Å². The summed E-state index contributed by atoms with van der Waals surface area (Å²) >= 11 is 1.53. The first-order valence-electron chi connectivity index (χ1n) is 7.91. The number of hydrogen-bond acceptors (Lipinski definition) is 6. The van der Waals surface area contributed by atoms with Gasteiger partial charge >= 0.3 is 5.97 Å². The van der Waals surface area contributed by atoms with Gasteiger partial charge in [0, 0.05) is 11.6 Å². The van der Waals surface area contributed by atoms with Crippen molar-refractivity contribution in [2.75, 3.05) is 20.8 Å². The van der Waals surface area contributed by atoms with Crippen LogP contribution in [0.4, 0.5) is 0 Å². The molecule has 1 aromatic heterocycles. The summed E-state index contributed by atoms with van der Waals surface area (Å²) in [7, 11) is 3.12. The van der Waals surface area contributed by atoms with E-state index in [1.165, 1.54) is 17.4 Å². The maximum Gasteiger partial charge on any atom is 0.331 e. The quantitative estimate of drug-likeness (QED) is 0.567. The molecule has 0 saturated carbocycles. The number of thiophene rings is 1. The van der Waals surface area contributed by atoms with Gasteiger partial charge in [0.25, 0.3) is 5.91 Å². The first kappa shape index (κ1) is 19.5. The minimum atomic E-state index is -0.571. The molecule has 0 bridgehead atoms. The molecule has 138 valence electrons. The van der Waals surface area contributed by atoms with Crippen molar-refractivity contribution >= 4 is 29.3 Å².